The summed E-state index contributed by atoms with van der Waals surface area (Å²) < 4.78 is 10.9. The van der Waals surface area contributed by atoms with Crippen LogP contribution in [-0.2, 0) is 14.3 Å². The molecule has 2 fully saturated rings. The standard InChI is InChI=1S/C15H27NO3/c1-18-13-9-16(10-14(13)19-2)11-15(12-17)7-5-3-4-6-8-15/h12-14H,3-11H2,1-2H3. The molecule has 2 aliphatic rings. The zero-order chi connectivity index (χ0) is 13.7. The summed E-state index contributed by atoms with van der Waals surface area (Å²) in [6, 6.07) is 0. The summed E-state index contributed by atoms with van der Waals surface area (Å²) >= 11 is 0. The Morgan fingerprint density at radius 1 is 1.05 bits per heavy atom. The predicted octanol–water partition coefficient (Wildman–Crippen LogP) is 1.87. The number of aldehydes is 1. The van der Waals surface area contributed by atoms with Crippen LogP contribution >= 0.6 is 0 Å². The van der Waals surface area contributed by atoms with Crippen LogP contribution in [0.5, 0.6) is 0 Å². The predicted molar refractivity (Wildman–Crippen MR) is 74.2 cm³/mol. The molecule has 0 bridgehead atoms. The molecule has 1 saturated carbocycles. The first kappa shape index (κ1) is 14.9. The van der Waals surface area contributed by atoms with Gasteiger partial charge >= 0.3 is 0 Å². The molecule has 110 valence electrons. The summed E-state index contributed by atoms with van der Waals surface area (Å²) in [4.78, 5) is 14.0. The van der Waals surface area contributed by atoms with E-state index in [1.165, 1.54) is 32.0 Å². The summed E-state index contributed by atoms with van der Waals surface area (Å²) in [6.07, 6.45) is 8.51. The average molecular weight is 269 g/mol. The summed E-state index contributed by atoms with van der Waals surface area (Å²) in [5.41, 5.74) is -0.128. The van der Waals surface area contributed by atoms with Gasteiger partial charge in [-0.1, -0.05) is 25.7 Å². The van der Waals surface area contributed by atoms with Gasteiger partial charge in [0.05, 0.1) is 12.2 Å². The molecule has 0 amide bonds. The fourth-order valence-corrected chi connectivity index (χ4v) is 3.59. The zero-order valence-electron chi connectivity index (χ0n) is 12.3. The second kappa shape index (κ2) is 6.82. The van der Waals surface area contributed by atoms with Gasteiger partial charge in [0.1, 0.15) is 6.29 Å². The maximum atomic E-state index is 11.6. The number of carbonyl (C=O) groups is 1. The monoisotopic (exact) mass is 269 g/mol. The van der Waals surface area contributed by atoms with Crippen molar-refractivity contribution in [1.82, 2.24) is 4.90 Å². The number of nitrogens with zero attached hydrogens (tertiary/aromatic N) is 1. The third-order valence-corrected chi connectivity index (χ3v) is 4.78. The Kier molecular flexibility index (Phi) is 5.37. The van der Waals surface area contributed by atoms with Crippen molar-refractivity contribution in [1.29, 1.82) is 0 Å². The number of likely N-dealkylation sites (tertiary alicyclic amines) is 1. The molecule has 0 aromatic rings. The van der Waals surface area contributed by atoms with Gasteiger partial charge in [-0.05, 0) is 12.8 Å². The highest BCUT2D eigenvalue weighted by molar-refractivity contribution is 5.59. The molecule has 0 radical (unpaired) electrons. The van der Waals surface area contributed by atoms with E-state index in [9.17, 15) is 4.79 Å². The van der Waals surface area contributed by atoms with Gasteiger partial charge in [-0.2, -0.15) is 0 Å². The first-order valence-electron chi connectivity index (χ1n) is 7.47. The summed E-state index contributed by atoms with van der Waals surface area (Å²) in [5.74, 6) is 0. The van der Waals surface area contributed by atoms with E-state index in [2.05, 4.69) is 4.90 Å². The van der Waals surface area contributed by atoms with Crippen molar-refractivity contribution in [2.45, 2.75) is 50.7 Å². The number of hydrogen-bond donors (Lipinski definition) is 0. The van der Waals surface area contributed by atoms with E-state index >= 15 is 0 Å². The Morgan fingerprint density at radius 3 is 2.00 bits per heavy atom. The Balaban J connectivity index is 1.96. The van der Waals surface area contributed by atoms with E-state index in [-0.39, 0.29) is 17.6 Å². The highest BCUT2D eigenvalue weighted by Gasteiger charge is 2.39. The topological polar surface area (TPSA) is 38.8 Å². The largest absolute Gasteiger partial charge is 0.377 e. The van der Waals surface area contributed by atoms with E-state index < -0.39 is 0 Å². The Bertz CT molecular complexity index is 275. The van der Waals surface area contributed by atoms with Crippen LogP contribution in [0.3, 0.4) is 0 Å². The summed E-state index contributed by atoms with van der Waals surface area (Å²) in [7, 11) is 3.47. The van der Waals surface area contributed by atoms with Crippen LogP contribution in [0.25, 0.3) is 0 Å². The Morgan fingerprint density at radius 2 is 1.58 bits per heavy atom. The fourth-order valence-electron chi connectivity index (χ4n) is 3.59. The molecule has 4 heteroatoms. The van der Waals surface area contributed by atoms with Crippen LogP contribution in [0, 0.1) is 5.41 Å². The number of ether oxygens (including phenoxy) is 2. The van der Waals surface area contributed by atoms with E-state index in [1.807, 2.05) is 0 Å². The smallest absolute Gasteiger partial charge is 0.127 e. The molecule has 0 aromatic carbocycles. The van der Waals surface area contributed by atoms with Crippen LogP contribution in [0.15, 0.2) is 0 Å². The van der Waals surface area contributed by atoms with E-state index in [1.54, 1.807) is 14.2 Å². The number of methoxy groups -OCH3 is 2. The van der Waals surface area contributed by atoms with Crippen molar-refractivity contribution in [2.24, 2.45) is 5.41 Å². The second-order valence-electron chi connectivity index (χ2n) is 6.14. The lowest BCUT2D eigenvalue weighted by Crippen LogP contribution is -2.38. The van der Waals surface area contributed by atoms with Crippen molar-refractivity contribution in [3.63, 3.8) is 0 Å². The molecule has 19 heavy (non-hydrogen) atoms. The first-order valence-corrected chi connectivity index (χ1v) is 7.47. The van der Waals surface area contributed by atoms with Crippen molar-refractivity contribution < 1.29 is 14.3 Å². The minimum absolute atomic E-state index is 0.128. The normalized spacial score (nSPS) is 32.1. The van der Waals surface area contributed by atoms with Gasteiger partial charge in [0.25, 0.3) is 0 Å². The molecule has 4 nitrogen and oxygen atoms in total. The molecule has 1 aliphatic carbocycles. The Hall–Kier alpha value is -0.450. The van der Waals surface area contributed by atoms with E-state index in [0.717, 1.165) is 32.5 Å². The summed E-state index contributed by atoms with van der Waals surface area (Å²) in [5, 5.41) is 0. The van der Waals surface area contributed by atoms with Gasteiger partial charge in [0.15, 0.2) is 0 Å². The lowest BCUT2D eigenvalue weighted by atomic mass is 9.81. The minimum Gasteiger partial charge on any atom is -0.377 e. The maximum absolute atomic E-state index is 11.6. The molecule has 1 heterocycles. The van der Waals surface area contributed by atoms with Gasteiger partial charge in [-0.3, -0.25) is 4.90 Å². The quantitative estimate of drug-likeness (QED) is 0.564. The molecule has 1 saturated heterocycles. The molecule has 2 rings (SSSR count). The second-order valence-corrected chi connectivity index (χ2v) is 6.14. The lowest BCUT2D eigenvalue weighted by molar-refractivity contribution is -0.118. The average Bonchev–Trinajstić information content (AvgIpc) is 2.68. The molecule has 0 aromatic heterocycles. The highest BCUT2D eigenvalue weighted by Crippen LogP contribution is 2.35. The molecular weight excluding hydrogens is 242 g/mol. The molecule has 0 N–H and O–H groups in total. The Labute approximate surface area is 116 Å². The SMILES string of the molecule is COC1CN(CC2(C=O)CCCCCC2)CC1OC. The van der Waals surface area contributed by atoms with Crippen molar-refractivity contribution in [3.05, 3.63) is 0 Å². The van der Waals surface area contributed by atoms with Crippen LogP contribution < -0.4 is 0 Å². The van der Waals surface area contributed by atoms with E-state index in [4.69, 9.17) is 9.47 Å². The van der Waals surface area contributed by atoms with Crippen LogP contribution in [0.4, 0.5) is 0 Å². The molecular formula is C15H27NO3. The van der Waals surface area contributed by atoms with Crippen molar-refractivity contribution in [2.75, 3.05) is 33.9 Å². The third kappa shape index (κ3) is 3.56. The lowest BCUT2D eigenvalue weighted by Gasteiger charge is -2.31. The van der Waals surface area contributed by atoms with Gasteiger partial charge < -0.3 is 14.3 Å². The zero-order valence-corrected chi connectivity index (χ0v) is 12.3. The minimum atomic E-state index is -0.128. The van der Waals surface area contributed by atoms with Crippen LogP contribution in [-0.4, -0.2) is 57.2 Å². The molecule has 0 spiro atoms. The first-order chi connectivity index (χ1) is 9.23. The number of rotatable bonds is 5. The van der Waals surface area contributed by atoms with Gasteiger partial charge in [0, 0.05) is 39.3 Å². The number of carbonyl (C=O) groups excluding carboxylic acids is 1. The van der Waals surface area contributed by atoms with Gasteiger partial charge in [-0.15, -0.1) is 0 Å². The molecule has 2 unspecified atom stereocenters. The van der Waals surface area contributed by atoms with Crippen molar-refractivity contribution >= 4 is 6.29 Å². The third-order valence-electron chi connectivity index (χ3n) is 4.78. The highest BCUT2D eigenvalue weighted by atomic mass is 16.5. The van der Waals surface area contributed by atoms with E-state index in [0.29, 0.717) is 0 Å². The number of hydrogen-bond acceptors (Lipinski definition) is 4. The van der Waals surface area contributed by atoms with Crippen molar-refractivity contribution in [3.8, 4) is 0 Å². The van der Waals surface area contributed by atoms with Gasteiger partial charge in [-0.25, -0.2) is 0 Å². The fraction of sp³-hybridized carbons (Fsp3) is 0.933. The summed E-state index contributed by atoms with van der Waals surface area (Å²) in [6.45, 7) is 2.63. The molecule has 1 aliphatic heterocycles. The molecule has 2 atom stereocenters. The van der Waals surface area contributed by atoms with Gasteiger partial charge in [0.2, 0.25) is 0 Å². The van der Waals surface area contributed by atoms with Crippen LogP contribution in [0.1, 0.15) is 38.5 Å². The maximum Gasteiger partial charge on any atom is 0.127 e. The van der Waals surface area contributed by atoms with Crippen LogP contribution in [0.2, 0.25) is 0 Å².